The average Bonchev–Trinajstić information content (AvgIpc) is 3.11. The number of amides is 1. The molecule has 0 aliphatic carbocycles. The number of fused-ring (bicyclic) bond motifs is 3. The molecule has 1 aromatic heterocycles. The number of aromatic nitrogens is 1. The Balaban J connectivity index is 1.55. The zero-order valence-electron chi connectivity index (χ0n) is 15.9. The Morgan fingerprint density at radius 1 is 1.34 bits per heavy atom. The Labute approximate surface area is 167 Å². The number of carbonyl (C=O) groups excluding carboxylic acids is 2. The van der Waals surface area contributed by atoms with E-state index in [0.29, 0.717) is 23.4 Å². The van der Waals surface area contributed by atoms with Crippen LogP contribution in [0.1, 0.15) is 34.7 Å². The van der Waals surface area contributed by atoms with Gasteiger partial charge in [-0.15, -0.1) is 0 Å². The molecule has 1 saturated heterocycles. The van der Waals surface area contributed by atoms with Crippen LogP contribution in [-0.4, -0.2) is 54.0 Å². The highest BCUT2D eigenvalue weighted by molar-refractivity contribution is 6.04. The van der Waals surface area contributed by atoms with Crippen LogP contribution in [0.25, 0.3) is 0 Å². The van der Waals surface area contributed by atoms with Crippen LogP contribution in [0.2, 0.25) is 0 Å². The number of aliphatic hydroxyl groups excluding tert-OH is 1. The molecule has 4 rings (SSSR count). The van der Waals surface area contributed by atoms with E-state index in [-0.39, 0.29) is 43.0 Å². The minimum atomic E-state index is -0.538. The summed E-state index contributed by atoms with van der Waals surface area (Å²) in [6.45, 7) is -0.211. The lowest BCUT2D eigenvalue weighted by Crippen LogP contribution is -2.46. The molecule has 1 amide bonds. The summed E-state index contributed by atoms with van der Waals surface area (Å²) in [7, 11) is 1.34. The molecule has 0 saturated carbocycles. The molecule has 0 spiro atoms. The number of rotatable bonds is 5. The van der Waals surface area contributed by atoms with Crippen molar-refractivity contribution in [1.82, 2.24) is 4.98 Å². The zero-order chi connectivity index (χ0) is 20.4. The molecule has 29 heavy (non-hydrogen) atoms. The van der Waals surface area contributed by atoms with Crippen LogP contribution < -0.4 is 10.1 Å². The fraction of sp³-hybridized carbons (Fsp3) is 0.381. The van der Waals surface area contributed by atoms with Gasteiger partial charge in [0.25, 0.3) is 5.91 Å². The van der Waals surface area contributed by atoms with E-state index in [1.807, 2.05) is 6.07 Å². The summed E-state index contributed by atoms with van der Waals surface area (Å²) in [6, 6.07) is 8.84. The summed E-state index contributed by atoms with van der Waals surface area (Å²) in [5, 5.41) is 12.6. The van der Waals surface area contributed by atoms with Crippen LogP contribution in [0, 0.1) is 0 Å². The molecule has 1 aromatic carbocycles. The number of benzene rings is 1. The van der Waals surface area contributed by atoms with E-state index in [2.05, 4.69) is 10.3 Å². The number of esters is 1. The smallest absolute Gasteiger partial charge is 0.308 e. The van der Waals surface area contributed by atoms with Gasteiger partial charge < -0.3 is 24.6 Å². The standard InChI is InChI=1S/C21H22N2O6/c1-27-19(25)9-14-8-16-15-7-13(23-21(26)12-3-2-6-22-10-12)4-5-17(15)29-20(16)18(11-24)28-14/h2-7,10,14,16,18,20,24H,8-9,11H2,1H3,(H,23,26)/t14-,16-,18-,20+/m0/s1. The maximum absolute atomic E-state index is 12.4. The molecular formula is C21H22N2O6. The minimum Gasteiger partial charge on any atom is -0.487 e. The van der Waals surface area contributed by atoms with Crippen LogP contribution in [0.4, 0.5) is 5.69 Å². The van der Waals surface area contributed by atoms with E-state index >= 15 is 0 Å². The topological polar surface area (TPSA) is 107 Å². The SMILES string of the molecule is COC(=O)C[C@@H]1C[C@H]2c3cc(NC(=O)c4cccnc4)ccc3O[C@H]2[C@H](CO)O1. The number of aliphatic hydroxyl groups is 1. The van der Waals surface area contributed by atoms with Gasteiger partial charge in [0.1, 0.15) is 18.0 Å². The summed E-state index contributed by atoms with van der Waals surface area (Å²) >= 11 is 0. The van der Waals surface area contributed by atoms with Crippen molar-refractivity contribution in [1.29, 1.82) is 0 Å². The number of nitrogens with one attached hydrogen (secondary N) is 1. The Bertz CT molecular complexity index is 903. The summed E-state index contributed by atoms with van der Waals surface area (Å²) in [5.74, 6) is 0.0278. The van der Waals surface area contributed by atoms with Crippen LogP contribution in [0.3, 0.4) is 0 Å². The molecule has 2 aliphatic rings. The number of nitrogens with zero attached hydrogens (tertiary/aromatic N) is 1. The molecule has 0 unspecified atom stereocenters. The highest BCUT2D eigenvalue weighted by Gasteiger charge is 2.46. The number of methoxy groups -OCH3 is 1. The normalized spacial score (nSPS) is 24.8. The quantitative estimate of drug-likeness (QED) is 0.741. The van der Waals surface area contributed by atoms with Crippen LogP contribution in [0.5, 0.6) is 5.75 Å². The van der Waals surface area contributed by atoms with Gasteiger partial charge >= 0.3 is 5.97 Å². The molecule has 0 bridgehead atoms. The predicted octanol–water partition coefficient (Wildman–Crippen LogP) is 1.89. The van der Waals surface area contributed by atoms with Crippen molar-refractivity contribution in [3.05, 3.63) is 53.9 Å². The van der Waals surface area contributed by atoms with E-state index in [4.69, 9.17) is 14.2 Å². The molecule has 152 valence electrons. The van der Waals surface area contributed by atoms with E-state index in [1.165, 1.54) is 13.3 Å². The average molecular weight is 398 g/mol. The maximum atomic E-state index is 12.4. The highest BCUT2D eigenvalue weighted by atomic mass is 16.6. The second kappa shape index (κ2) is 8.18. The van der Waals surface area contributed by atoms with E-state index in [0.717, 1.165) is 5.56 Å². The lowest BCUT2D eigenvalue weighted by Gasteiger charge is -2.36. The number of hydrogen-bond acceptors (Lipinski definition) is 7. The Morgan fingerprint density at radius 3 is 2.93 bits per heavy atom. The fourth-order valence-electron chi connectivity index (χ4n) is 3.94. The van der Waals surface area contributed by atoms with Crippen molar-refractivity contribution in [3.8, 4) is 5.75 Å². The van der Waals surface area contributed by atoms with Gasteiger partial charge in [0.05, 0.1) is 31.8 Å². The highest BCUT2D eigenvalue weighted by Crippen LogP contribution is 2.47. The zero-order valence-corrected chi connectivity index (χ0v) is 15.9. The number of ether oxygens (including phenoxy) is 3. The van der Waals surface area contributed by atoms with E-state index in [1.54, 1.807) is 30.5 Å². The Morgan fingerprint density at radius 2 is 2.21 bits per heavy atom. The van der Waals surface area contributed by atoms with Gasteiger partial charge in [-0.25, -0.2) is 0 Å². The number of pyridine rings is 1. The van der Waals surface area contributed by atoms with Gasteiger partial charge in [-0.05, 0) is 36.8 Å². The monoisotopic (exact) mass is 398 g/mol. The molecule has 2 aliphatic heterocycles. The lowest BCUT2D eigenvalue weighted by molar-refractivity contribution is -0.156. The van der Waals surface area contributed by atoms with Crippen molar-refractivity contribution in [2.45, 2.75) is 37.1 Å². The van der Waals surface area contributed by atoms with E-state index in [9.17, 15) is 14.7 Å². The second-order valence-electron chi connectivity index (χ2n) is 7.13. The third-order valence-corrected chi connectivity index (χ3v) is 5.30. The maximum Gasteiger partial charge on any atom is 0.308 e. The van der Waals surface area contributed by atoms with Gasteiger partial charge in [-0.3, -0.25) is 14.6 Å². The summed E-state index contributed by atoms with van der Waals surface area (Å²) in [5.41, 5.74) is 2.03. The van der Waals surface area contributed by atoms with Crippen molar-refractivity contribution >= 4 is 17.6 Å². The van der Waals surface area contributed by atoms with Gasteiger partial charge in [0.2, 0.25) is 0 Å². The first-order valence-corrected chi connectivity index (χ1v) is 9.44. The van der Waals surface area contributed by atoms with Gasteiger partial charge in [0, 0.05) is 29.6 Å². The van der Waals surface area contributed by atoms with E-state index < -0.39 is 6.10 Å². The van der Waals surface area contributed by atoms with Gasteiger partial charge in [-0.2, -0.15) is 0 Å². The largest absolute Gasteiger partial charge is 0.487 e. The molecule has 0 radical (unpaired) electrons. The molecule has 2 N–H and O–H groups in total. The minimum absolute atomic E-state index is 0.0548. The second-order valence-corrected chi connectivity index (χ2v) is 7.13. The molecule has 1 fully saturated rings. The lowest BCUT2D eigenvalue weighted by atomic mass is 9.84. The van der Waals surface area contributed by atoms with Crippen LogP contribution in [-0.2, 0) is 14.3 Å². The summed E-state index contributed by atoms with van der Waals surface area (Å²) < 4.78 is 16.6. The molecule has 8 nitrogen and oxygen atoms in total. The third-order valence-electron chi connectivity index (χ3n) is 5.30. The van der Waals surface area contributed by atoms with Crippen molar-refractivity contribution in [3.63, 3.8) is 0 Å². The molecule has 4 atom stereocenters. The predicted molar refractivity (Wildman–Crippen MR) is 103 cm³/mol. The van der Waals surface area contributed by atoms with Crippen molar-refractivity contribution in [2.24, 2.45) is 0 Å². The summed E-state index contributed by atoms with van der Waals surface area (Å²) in [6.07, 6.45) is 2.54. The number of carbonyl (C=O) groups is 2. The third kappa shape index (κ3) is 3.94. The fourth-order valence-corrected chi connectivity index (χ4v) is 3.94. The van der Waals surface area contributed by atoms with Crippen molar-refractivity contribution in [2.75, 3.05) is 19.0 Å². The number of hydrogen-bond donors (Lipinski definition) is 2. The van der Waals surface area contributed by atoms with Gasteiger partial charge in [-0.1, -0.05) is 0 Å². The molecule has 3 heterocycles. The van der Waals surface area contributed by atoms with Crippen LogP contribution >= 0.6 is 0 Å². The van der Waals surface area contributed by atoms with Crippen molar-refractivity contribution < 1.29 is 28.9 Å². The molecule has 2 aromatic rings. The Hall–Kier alpha value is -2.97. The first-order valence-electron chi connectivity index (χ1n) is 9.44. The first kappa shape index (κ1) is 19.4. The summed E-state index contributed by atoms with van der Waals surface area (Å²) in [4.78, 5) is 28.0. The Kier molecular flexibility index (Phi) is 5.46. The van der Waals surface area contributed by atoms with Crippen LogP contribution in [0.15, 0.2) is 42.7 Å². The first-order chi connectivity index (χ1) is 14.1. The number of anilines is 1. The molecule has 8 heteroatoms. The molecular weight excluding hydrogens is 376 g/mol. The van der Waals surface area contributed by atoms with Gasteiger partial charge in [0.15, 0.2) is 0 Å².